The van der Waals surface area contributed by atoms with Gasteiger partial charge in [0, 0.05) is 19.7 Å². The minimum atomic E-state index is -0.192. The topological polar surface area (TPSA) is 21.3 Å². The molecule has 0 radical (unpaired) electrons. The summed E-state index contributed by atoms with van der Waals surface area (Å²) in [6, 6.07) is 6.78. The summed E-state index contributed by atoms with van der Waals surface area (Å²) in [6.45, 7) is 3.44. The van der Waals surface area contributed by atoms with Crippen molar-refractivity contribution in [2.45, 2.75) is 13.0 Å². The molecule has 14 heavy (non-hydrogen) atoms. The fourth-order valence-corrected chi connectivity index (χ4v) is 1.27. The Morgan fingerprint density at radius 1 is 1.50 bits per heavy atom. The predicted octanol–water partition coefficient (Wildman–Crippen LogP) is 2.12. The second kappa shape index (κ2) is 5.73. The molecule has 1 aromatic rings. The van der Waals surface area contributed by atoms with Crippen molar-refractivity contribution >= 4 is 0 Å². The van der Waals surface area contributed by atoms with E-state index in [1.807, 2.05) is 13.0 Å². The third kappa shape index (κ3) is 3.44. The summed E-state index contributed by atoms with van der Waals surface area (Å²) in [5.41, 5.74) is 0.959. The Balaban J connectivity index is 2.47. The van der Waals surface area contributed by atoms with Crippen molar-refractivity contribution < 1.29 is 9.13 Å². The molecule has 1 aromatic carbocycles. The first-order valence-electron chi connectivity index (χ1n) is 4.72. The van der Waals surface area contributed by atoms with Crippen molar-refractivity contribution in [2.75, 3.05) is 20.3 Å². The molecule has 1 rings (SSSR count). The smallest absolute Gasteiger partial charge is 0.123 e. The molecule has 0 saturated carbocycles. The van der Waals surface area contributed by atoms with Gasteiger partial charge in [0.1, 0.15) is 5.82 Å². The molecule has 0 spiro atoms. The average molecular weight is 197 g/mol. The van der Waals surface area contributed by atoms with Gasteiger partial charge >= 0.3 is 0 Å². The van der Waals surface area contributed by atoms with Crippen LogP contribution in [0.5, 0.6) is 0 Å². The van der Waals surface area contributed by atoms with Crippen molar-refractivity contribution in [2.24, 2.45) is 0 Å². The van der Waals surface area contributed by atoms with Crippen molar-refractivity contribution in [1.29, 1.82) is 0 Å². The zero-order valence-corrected chi connectivity index (χ0v) is 8.59. The van der Waals surface area contributed by atoms with Gasteiger partial charge in [-0.25, -0.2) is 4.39 Å². The highest BCUT2D eigenvalue weighted by Crippen LogP contribution is 2.12. The molecule has 0 aliphatic heterocycles. The minimum absolute atomic E-state index is 0.154. The summed E-state index contributed by atoms with van der Waals surface area (Å²) in [6.07, 6.45) is 0. The molecule has 1 atom stereocenters. The Bertz CT molecular complexity index is 278. The average Bonchev–Trinajstić information content (AvgIpc) is 2.18. The first-order chi connectivity index (χ1) is 6.74. The lowest BCUT2D eigenvalue weighted by Gasteiger charge is -2.13. The van der Waals surface area contributed by atoms with Crippen LogP contribution in [0, 0.1) is 5.82 Å². The van der Waals surface area contributed by atoms with Gasteiger partial charge in [-0.15, -0.1) is 0 Å². The van der Waals surface area contributed by atoms with Crippen LogP contribution in [0.3, 0.4) is 0 Å². The molecule has 1 N–H and O–H groups in total. The monoisotopic (exact) mass is 197 g/mol. The molecule has 3 heteroatoms. The van der Waals surface area contributed by atoms with Gasteiger partial charge in [0.25, 0.3) is 0 Å². The maximum Gasteiger partial charge on any atom is 0.123 e. The number of halogens is 1. The molecular formula is C11H16FNO. The van der Waals surface area contributed by atoms with Gasteiger partial charge < -0.3 is 10.1 Å². The van der Waals surface area contributed by atoms with E-state index in [4.69, 9.17) is 4.74 Å². The minimum Gasteiger partial charge on any atom is -0.383 e. The van der Waals surface area contributed by atoms with Crippen molar-refractivity contribution in [3.8, 4) is 0 Å². The fourth-order valence-electron chi connectivity index (χ4n) is 1.27. The van der Waals surface area contributed by atoms with E-state index in [0.29, 0.717) is 6.61 Å². The number of hydrogen-bond acceptors (Lipinski definition) is 2. The van der Waals surface area contributed by atoms with Gasteiger partial charge in [0.2, 0.25) is 0 Å². The van der Waals surface area contributed by atoms with E-state index in [9.17, 15) is 4.39 Å². The maximum absolute atomic E-state index is 12.9. The molecule has 0 aliphatic carbocycles. The highest BCUT2D eigenvalue weighted by molar-refractivity contribution is 5.19. The van der Waals surface area contributed by atoms with E-state index in [-0.39, 0.29) is 11.9 Å². The molecule has 78 valence electrons. The van der Waals surface area contributed by atoms with Crippen LogP contribution in [0.25, 0.3) is 0 Å². The van der Waals surface area contributed by atoms with Crippen LogP contribution in [0.15, 0.2) is 24.3 Å². The van der Waals surface area contributed by atoms with Crippen LogP contribution in [0.2, 0.25) is 0 Å². The third-order valence-electron chi connectivity index (χ3n) is 2.11. The summed E-state index contributed by atoms with van der Waals surface area (Å²) in [4.78, 5) is 0. The molecule has 2 nitrogen and oxygen atoms in total. The van der Waals surface area contributed by atoms with E-state index in [2.05, 4.69) is 5.32 Å². The zero-order valence-electron chi connectivity index (χ0n) is 8.59. The lowest BCUT2D eigenvalue weighted by atomic mass is 10.1. The molecule has 0 fully saturated rings. The number of benzene rings is 1. The van der Waals surface area contributed by atoms with E-state index in [1.54, 1.807) is 19.2 Å². The third-order valence-corrected chi connectivity index (χ3v) is 2.11. The second-order valence-corrected chi connectivity index (χ2v) is 3.22. The van der Waals surface area contributed by atoms with Gasteiger partial charge in [0.05, 0.1) is 6.61 Å². The Hall–Kier alpha value is -0.930. The van der Waals surface area contributed by atoms with Gasteiger partial charge in [-0.05, 0) is 24.6 Å². The number of hydrogen-bond donors (Lipinski definition) is 1. The van der Waals surface area contributed by atoms with E-state index >= 15 is 0 Å². The normalized spacial score (nSPS) is 12.8. The fraction of sp³-hybridized carbons (Fsp3) is 0.455. The van der Waals surface area contributed by atoms with Crippen molar-refractivity contribution in [3.05, 3.63) is 35.6 Å². The highest BCUT2D eigenvalue weighted by atomic mass is 19.1. The quantitative estimate of drug-likeness (QED) is 0.730. The highest BCUT2D eigenvalue weighted by Gasteiger charge is 2.04. The number of methoxy groups -OCH3 is 1. The maximum atomic E-state index is 12.9. The van der Waals surface area contributed by atoms with Crippen molar-refractivity contribution in [3.63, 3.8) is 0 Å². The Morgan fingerprint density at radius 3 is 2.93 bits per heavy atom. The Kier molecular flexibility index (Phi) is 4.56. The Labute approximate surface area is 84.1 Å². The van der Waals surface area contributed by atoms with Crippen LogP contribution in [0.1, 0.15) is 18.5 Å². The summed E-state index contributed by atoms with van der Waals surface area (Å²) in [5.74, 6) is -0.192. The lowest BCUT2D eigenvalue weighted by molar-refractivity contribution is 0.196. The van der Waals surface area contributed by atoms with Crippen molar-refractivity contribution in [1.82, 2.24) is 5.32 Å². The van der Waals surface area contributed by atoms with Crippen LogP contribution >= 0.6 is 0 Å². The van der Waals surface area contributed by atoms with E-state index in [0.717, 1.165) is 12.1 Å². The summed E-state index contributed by atoms with van der Waals surface area (Å²) < 4.78 is 17.8. The number of rotatable bonds is 5. The predicted molar refractivity (Wildman–Crippen MR) is 54.7 cm³/mol. The molecule has 0 amide bonds. The zero-order chi connectivity index (χ0) is 10.4. The van der Waals surface area contributed by atoms with Gasteiger partial charge in [-0.2, -0.15) is 0 Å². The van der Waals surface area contributed by atoms with E-state index in [1.165, 1.54) is 6.07 Å². The second-order valence-electron chi connectivity index (χ2n) is 3.22. The largest absolute Gasteiger partial charge is 0.383 e. The lowest BCUT2D eigenvalue weighted by Crippen LogP contribution is -2.22. The summed E-state index contributed by atoms with van der Waals surface area (Å²) in [5, 5.41) is 3.24. The van der Waals surface area contributed by atoms with Gasteiger partial charge in [0.15, 0.2) is 0 Å². The number of nitrogens with one attached hydrogen (secondary N) is 1. The van der Waals surface area contributed by atoms with Crippen LogP contribution < -0.4 is 5.32 Å². The standard InChI is InChI=1S/C11H16FNO/c1-9(13-6-7-14-2)10-4-3-5-11(12)8-10/h3-5,8-9,13H,6-7H2,1-2H3/t9-/m0/s1. The van der Waals surface area contributed by atoms with Gasteiger partial charge in [-0.3, -0.25) is 0 Å². The molecule has 0 aromatic heterocycles. The number of ether oxygens (including phenoxy) is 1. The molecule has 0 aliphatic rings. The van der Waals surface area contributed by atoms with Crippen LogP contribution in [0.4, 0.5) is 4.39 Å². The Morgan fingerprint density at radius 2 is 2.29 bits per heavy atom. The summed E-state index contributed by atoms with van der Waals surface area (Å²) >= 11 is 0. The first kappa shape index (κ1) is 11.1. The van der Waals surface area contributed by atoms with Crippen LogP contribution in [-0.4, -0.2) is 20.3 Å². The molecular weight excluding hydrogens is 181 g/mol. The summed E-state index contributed by atoms with van der Waals surface area (Å²) in [7, 11) is 1.66. The molecule has 0 heterocycles. The SMILES string of the molecule is COCCN[C@@H](C)c1cccc(F)c1. The first-order valence-corrected chi connectivity index (χ1v) is 4.72. The molecule has 0 saturated heterocycles. The van der Waals surface area contributed by atoms with Gasteiger partial charge in [-0.1, -0.05) is 12.1 Å². The molecule has 0 bridgehead atoms. The molecule has 0 unspecified atom stereocenters. The van der Waals surface area contributed by atoms with E-state index < -0.39 is 0 Å². The van der Waals surface area contributed by atoms with Crippen LogP contribution in [-0.2, 0) is 4.74 Å².